The Labute approximate surface area is 131 Å². The van der Waals surface area contributed by atoms with Gasteiger partial charge in [0.15, 0.2) is 0 Å². The van der Waals surface area contributed by atoms with Crippen LogP contribution < -0.4 is 10.2 Å². The number of carbonyl (C=O) groups is 2. The molecule has 2 amide bonds. The van der Waals surface area contributed by atoms with E-state index in [0.717, 1.165) is 16.8 Å². The van der Waals surface area contributed by atoms with Crippen LogP contribution in [0, 0.1) is 26.7 Å². The average Bonchev–Trinajstić information content (AvgIpc) is 2.77. The second-order valence-corrected chi connectivity index (χ2v) is 6.11. The number of benzene rings is 1. The van der Waals surface area contributed by atoms with Crippen molar-refractivity contribution in [1.29, 1.82) is 0 Å². The van der Waals surface area contributed by atoms with Crippen molar-refractivity contribution in [3.05, 3.63) is 28.8 Å². The molecule has 1 aromatic rings. The molecule has 0 radical (unpaired) electrons. The van der Waals surface area contributed by atoms with Crippen molar-refractivity contribution in [2.45, 2.75) is 27.2 Å². The molecule has 1 fully saturated rings. The zero-order chi connectivity index (χ0) is 15.6. The summed E-state index contributed by atoms with van der Waals surface area (Å²) in [5.74, 6) is 0.308. The molecule has 2 rings (SSSR count). The van der Waals surface area contributed by atoms with E-state index in [4.69, 9.17) is 0 Å². The fourth-order valence-corrected chi connectivity index (χ4v) is 3.13. The molecular formula is C16H22N2O2S. The maximum absolute atomic E-state index is 12.3. The van der Waals surface area contributed by atoms with Crippen LogP contribution in [-0.4, -0.2) is 30.7 Å². The lowest BCUT2D eigenvalue weighted by Gasteiger charge is -2.22. The molecule has 0 spiro atoms. The summed E-state index contributed by atoms with van der Waals surface area (Å²) in [5.41, 5.74) is 4.30. The van der Waals surface area contributed by atoms with Gasteiger partial charge in [-0.25, -0.2) is 0 Å². The van der Waals surface area contributed by atoms with E-state index < -0.39 is 0 Å². The van der Waals surface area contributed by atoms with Crippen molar-refractivity contribution >= 4 is 30.1 Å². The second kappa shape index (κ2) is 6.52. The van der Waals surface area contributed by atoms with Gasteiger partial charge in [-0.15, -0.1) is 0 Å². The van der Waals surface area contributed by atoms with Gasteiger partial charge in [-0.1, -0.05) is 17.7 Å². The highest BCUT2D eigenvalue weighted by molar-refractivity contribution is 7.80. The van der Waals surface area contributed by atoms with E-state index in [-0.39, 0.29) is 24.2 Å². The molecule has 0 aromatic heterocycles. The largest absolute Gasteiger partial charge is 0.355 e. The summed E-state index contributed by atoms with van der Waals surface area (Å²) < 4.78 is 0. The minimum absolute atomic E-state index is 0.0241. The molecule has 5 heteroatoms. The molecular weight excluding hydrogens is 284 g/mol. The zero-order valence-electron chi connectivity index (χ0n) is 12.8. The molecule has 1 atom stereocenters. The van der Waals surface area contributed by atoms with Crippen molar-refractivity contribution in [3.8, 4) is 0 Å². The summed E-state index contributed by atoms with van der Waals surface area (Å²) >= 11 is 4.07. The summed E-state index contributed by atoms with van der Waals surface area (Å²) in [6, 6.07) is 4.15. The second-order valence-electron chi connectivity index (χ2n) is 5.67. The first-order chi connectivity index (χ1) is 9.93. The first-order valence-electron chi connectivity index (χ1n) is 7.20. The standard InChI is InChI=1S/C16H22N2O2S/c1-10-6-11(2)15(12(3)7-10)18-9-13(8-14(18)19)16(20)17-4-5-21/h6-7,13,21H,4-5,8-9H2,1-3H3,(H,17,20). The average molecular weight is 306 g/mol. The molecule has 4 nitrogen and oxygen atoms in total. The van der Waals surface area contributed by atoms with Gasteiger partial charge in [-0.3, -0.25) is 9.59 Å². The highest BCUT2D eigenvalue weighted by atomic mass is 32.1. The Morgan fingerprint density at radius 3 is 2.52 bits per heavy atom. The van der Waals surface area contributed by atoms with E-state index in [0.29, 0.717) is 18.8 Å². The van der Waals surface area contributed by atoms with Crippen molar-refractivity contribution in [2.75, 3.05) is 23.7 Å². The molecule has 0 aliphatic carbocycles. The maximum atomic E-state index is 12.3. The van der Waals surface area contributed by atoms with Crippen molar-refractivity contribution in [2.24, 2.45) is 5.92 Å². The van der Waals surface area contributed by atoms with Crippen LogP contribution in [-0.2, 0) is 9.59 Å². The van der Waals surface area contributed by atoms with Crippen LogP contribution in [0.15, 0.2) is 12.1 Å². The number of hydrogen-bond acceptors (Lipinski definition) is 3. The van der Waals surface area contributed by atoms with Gasteiger partial charge in [0.1, 0.15) is 0 Å². The topological polar surface area (TPSA) is 49.4 Å². The van der Waals surface area contributed by atoms with Crippen LogP contribution in [0.1, 0.15) is 23.1 Å². The van der Waals surface area contributed by atoms with Gasteiger partial charge in [0.25, 0.3) is 0 Å². The lowest BCUT2D eigenvalue weighted by Crippen LogP contribution is -2.34. The van der Waals surface area contributed by atoms with Gasteiger partial charge in [0.2, 0.25) is 11.8 Å². The minimum atomic E-state index is -0.266. The highest BCUT2D eigenvalue weighted by Crippen LogP contribution is 2.31. The van der Waals surface area contributed by atoms with E-state index >= 15 is 0 Å². The lowest BCUT2D eigenvalue weighted by atomic mass is 10.0. The molecule has 114 valence electrons. The minimum Gasteiger partial charge on any atom is -0.355 e. The summed E-state index contributed by atoms with van der Waals surface area (Å²) in [6.07, 6.45) is 0.283. The first kappa shape index (κ1) is 15.9. The van der Waals surface area contributed by atoms with Gasteiger partial charge in [0.05, 0.1) is 5.92 Å². The third kappa shape index (κ3) is 3.40. The molecule has 1 aliphatic heterocycles. The zero-order valence-corrected chi connectivity index (χ0v) is 13.7. The van der Waals surface area contributed by atoms with Gasteiger partial charge in [-0.2, -0.15) is 12.6 Å². The summed E-state index contributed by atoms with van der Waals surface area (Å²) in [5, 5.41) is 2.81. The molecule has 0 saturated carbocycles. The molecule has 1 aromatic carbocycles. The van der Waals surface area contributed by atoms with Crippen molar-refractivity contribution < 1.29 is 9.59 Å². The summed E-state index contributed by atoms with van der Waals surface area (Å²) in [6.45, 7) is 7.06. The lowest BCUT2D eigenvalue weighted by molar-refractivity contribution is -0.126. The Balaban J connectivity index is 2.19. The predicted octanol–water partition coefficient (Wildman–Crippen LogP) is 2.01. The molecule has 1 heterocycles. The molecule has 21 heavy (non-hydrogen) atoms. The smallest absolute Gasteiger partial charge is 0.227 e. The molecule has 1 saturated heterocycles. The van der Waals surface area contributed by atoms with Crippen molar-refractivity contribution in [3.63, 3.8) is 0 Å². The Morgan fingerprint density at radius 1 is 1.33 bits per heavy atom. The van der Waals surface area contributed by atoms with Gasteiger partial charge in [-0.05, 0) is 31.9 Å². The first-order valence-corrected chi connectivity index (χ1v) is 7.84. The quantitative estimate of drug-likeness (QED) is 0.836. The van der Waals surface area contributed by atoms with E-state index in [1.807, 2.05) is 20.8 Å². The number of carbonyl (C=O) groups excluding carboxylic acids is 2. The van der Waals surface area contributed by atoms with E-state index in [1.165, 1.54) is 5.56 Å². The summed E-state index contributed by atoms with van der Waals surface area (Å²) in [7, 11) is 0. The van der Waals surface area contributed by atoms with E-state index in [9.17, 15) is 9.59 Å². The van der Waals surface area contributed by atoms with Crippen LogP contribution in [0.4, 0.5) is 5.69 Å². The number of nitrogens with one attached hydrogen (secondary N) is 1. The number of aryl methyl sites for hydroxylation is 3. The number of amides is 2. The number of anilines is 1. The van der Waals surface area contributed by atoms with Crippen LogP contribution in [0.3, 0.4) is 0 Å². The number of thiol groups is 1. The Bertz CT molecular complexity index is 548. The number of nitrogens with zero attached hydrogens (tertiary/aromatic N) is 1. The SMILES string of the molecule is Cc1cc(C)c(N2CC(C(=O)NCCS)CC2=O)c(C)c1. The molecule has 1 aliphatic rings. The van der Waals surface area contributed by atoms with Crippen LogP contribution in [0.2, 0.25) is 0 Å². The monoisotopic (exact) mass is 306 g/mol. The van der Waals surface area contributed by atoms with Crippen LogP contribution in [0.25, 0.3) is 0 Å². The third-order valence-corrected chi connectivity index (χ3v) is 4.04. The van der Waals surface area contributed by atoms with E-state index in [1.54, 1.807) is 4.90 Å². The third-order valence-electron chi connectivity index (χ3n) is 3.81. The maximum Gasteiger partial charge on any atom is 0.227 e. The van der Waals surface area contributed by atoms with Gasteiger partial charge < -0.3 is 10.2 Å². The fourth-order valence-electron chi connectivity index (χ4n) is 3.02. The summed E-state index contributed by atoms with van der Waals surface area (Å²) in [4.78, 5) is 26.1. The number of hydrogen-bond donors (Lipinski definition) is 2. The Hall–Kier alpha value is -1.49. The normalized spacial score (nSPS) is 18.2. The van der Waals surface area contributed by atoms with Gasteiger partial charge >= 0.3 is 0 Å². The highest BCUT2D eigenvalue weighted by Gasteiger charge is 2.36. The Morgan fingerprint density at radius 2 is 1.95 bits per heavy atom. The van der Waals surface area contributed by atoms with Crippen molar-refractivity contribution in [1.82, 2.24) is 5.32 Å². The predicted molar refractivity (Wildman–Crippen MR) is 88.0 cm³/mol. The fraction of sp³-hybridized carbons (Fsp3) is 0.500. The Kier molecular flexibility index (Phi) is 4.93. The van der Waals surface area contributed by atoms with Gasteiger partial charge in [0, 0.05) is 31.0 Å². The van der Waals surface area contributed by atoms with Crippen LogP contribution >= 0.6 is 12.6 Å². The molecule has 0 bridgehead atoms. The van der Waals surface area contributed by atoms with Crippen LogP contribution in [0.5, 0.6) is 0 Å². The van der Waals surface area contributed by atoms with E-state index in [2.05, 4.69) is 30.1 Å². The molecule has 1 unspecified atom stereocenters. The molecule has 1 N–H and O–H groups in total. The number of rotatable bonds is 4.